The molecule has 0 atom stereocenters. The Labute approximate surface area is 135 Å². The van der Waals surface area contributed by atoms with Crippen LogP contribution in [0.15, 0.2) is 40.9 Å². The van der Waals surface area contributed by atoms with Gasteiger partial charge in [0, 0.05) is 11.6 Å². The Morgan fingerprint density at radius 1 is 1.32 bits per heavy atom. The van der Waals surface area contributed by atoms with Crippen LogP contribution in [0.3, 0.4) is 0 Å². The SMILES string of the molecule is C1CNC1.CC(C)(S)C(=O)Nc1cc(-c2ccccc2)no1. The van der Waals surface area contributed by atoms with Crippen molar-refractivity contribution in [3.8, 4) is 11.3 Å². The predicted octanol–water partition coefficient (Wildman–Crippen LogP) is 2.97. The molecule has 0 bridgehead atoms. The molecule has 1 amide bonds. The maximum Gasteiger partial charge on any atom is 0.242 e. The largest absolute Gasteiger partial charge is 0.338 e. The molecule has 0 radical (unpaired) electrons. The van der Waals surface area contributed by atoms with Gasteiger partial charge in [-0.1, -0.05) is 35.5 Å². The molecule has 2 heterocycles. The van der Waals surface area contributed by atoms with Crippen LogP contribution in [0.5, 0.6) is 0 Å². The van der Waals surface area contributed by atoms with Gasteiger partial charge in [0.25, 0.3) is 0 Å². The lowest BCUT2D eigenvalue weighted by molar-refractivity contribution is -0.117. The molecule has 1 saturated heterocycles. The standard InChI is InChI=1S/C13H14N2O2S.C3H7N/c1-13(2,18)12(16)14-11-8-10(15-17-11)9-6-4-3-5-7-9;1-2-4-3-1/h3-8,18H,1-2H3,(H,14,16);4H,1-3H2. The third-order valence-electron chi connectivity index (χ3n) is 3.08. The van der Waals surface area contributed by atoms with E-state index in [-0.39, 0.29) is 5.91 Å². The van der Waals surface area contributed by atoms with Crippen molar-refractivity contribution < 1.29 is 9.32 Å². The highest BCUT2D eigenvalue weighted by atomic mass is 32.1. The molecule has 0 aliphatic carbocycles. The number of thiol groups is 1. The predicted molar refractivity (Wildman–Crippen MR) is 91.1 cm³/mol. The number of carbonyl (C=O) groups excluding carboxylic acids is 1. The minimum Gasteiger partial charge on any atom is -0.338 e. The Balaban J connectivity index is 0.000000381. The highest BCUT2D eigenvalue weighted by Crippen LogP contribution is 2.22. The van der Waals surface area contributed by atoms with E-state index in [4.69, 9.17) is 4.52 Å². The molecule has 1 aromatic carbocycles. The first-order chi connectivity index (χ1) is 10.5. The lowest BCUT2D eigenvalue weighted by atomic mass is 10.1. The van der Waals surface area contributed by atoms with E-state index in [1.165, 1.54) is 19.5 Å². The van der Waals surface area contributed by atoms with E-state index in [0.717, 1.165) is 5.56 Å². The van der Waals surface area contributed by atoms with Crippen LogP contribution in [0.4, 0.5) is 5.88 Å². The van der Waals surface area contributed by atoms with Crippen molar-refractivity contribution in [3.63, 3.8) is 0 Å². The van der Waals surface area contributed by atoms with Crippen LogP contribution in [0.25, 0.3) is 11.3 Å². The molecule has 5 nitrogen and oxygen atoms in total. The number of nitrogens with zero attached hydrogens (tertiary/aromatic N) is 1. The molecule has 1 aliphatic heterocycles. The Morgan fingerprint density at radius 3 is 2.41 bits per heavy atom. The Kier molecular flexibility index (Phi) is 5.63. The molecule has 0 unspecified atom stereocenters. The zero-order valence-corrected chi connectivity index (χ0v) is 13.7. The molecule has 0 spiro atoms. The molecule has 118 valence electrons. The van der Waals surface area contributed by atoms with Crippen molar-refractivity contribution in [1.82, 2.24) is 10.5 Å². The molecule has 2 aromatic rings. The van der Waals surface area contributed by atoms with Crippen LogP contribution in [-0.2, 0) is 4.79 Å². The van der Waals surface area contributed by atoms with Crippen molar-refractivity contribution >= 4 is 24.4 Å². The maximum absolute atomic E-state index is 11.7. The second kappa shape index (κ2) is 7.47. The molecule has 1 aromatic heterocycles. The smallest absolute Gasteiger partial charge is 0.242 e. The topological polar surface area (TPSA) is 67.2 Å². The number of nitrogens with one attached hydrogen (secondary N) is 2. The Bertz CT molecular complexity index is 597. The summed E-state index contributed by atoms with van der Waals surface area (Å²) in [7, 11) is 0. The highest BCUT2D eigenvalue weighted by Gasteiger charge is 2.23. The van der Waals surface area contributed by atoms with Crippen LogP contribution < -0.4 is 10.6 Å². The summed E-state index contributed by atoms with van der Waals surface area (Å²) in [5.74, 6) is 0.0857. The number of benzene rings is 1. The minimum absolute atomic E-state index is 0.235. The van der Waals surface area contributed by atoms with E-state index in [1.807, 2.05) is 30.3 Å². The van der Waals surface area contributed by atoms with E-state index in [9.17, 15) is 4.79 Å². The van der Waals surface area contributed by atoms with Gasteiger partial charge in [-0.15, -0.1) is 0 Å². The molecular formula is C16H21N3O2S. The first-order valence-corrected chi connectivity index (χ1v) is 7.68. The summed E-state index contributed by atoms with van der Waals surface area (Å²) in [6.45, 7) is 5.92. The molecule has 1 fully saturated rings. The summed E-state index contributed by atoms with van der Waals surface area (Å²) in [6.07, 6.45) is 1.39. The summed E-state index contributed by atoms with van der Waals surface area (Å²) in [5, 5.41) is 9.65. The van der Waals surface area contributed by atoms with Gasteiger partial charge in [0.05, 0.1) is 4.75 Å². The average Bonchev–Trinajstić information content (AvgIpc) is 2.85. The molecule has 3 rings (SSSR count). The van der Waals surface area contributed by atoms with Crippen molar-refractivity contribution in [2.45, 2.75) is 25.0 Å². The van der Waals surface area contributed by atoms with E-state index >= 15 is 0 Å². The van der Waals surface area contributed by atoms with E-state index < -0.39 is 4.75 Å². The number of amides is 1. The van der Waals surface area contributed by atoms with Gasteiger partial charge in [0.1, 0.15) is 5.69 Å². The van der Waals surface area contributed by atoms with Crippen molar-refractivity contribution in [2.75, 3.05) is 18.4 Å². The van der Waals surface area contributed by atoms with Gasteiger partial charge in [0.15, 0.2) is 0 Å². The number of hydrogen-bond acceptors (Lipinski definition) is 5. The monoisotopic (exact) mass is 319 g/mol. The molecule has 1 aliphatic rings. The molecule has 2 N–H and O–H groups in total. The Hall–Kier alpha value is -1.79. The van der Waals surface area contributed by atoms with E-state index in [0.29, 0.717) is 11.6 Å². The molecule has 22 heavy (non-hydrogen) atoms. The van der Waals surface area contributed by atoms with Crippen molar-refractivity contribution in [3.05, 3.63) is 36.4 Å². The first kappa shape index (κ1) is 16.6. The third kappa shape index (κ3) is 4.89. The number of anilines is 1. The number of carbonyl (C=O) groups is 1. The van der Waals surface area contributed by atoms with Crippen LogP contribution in [0.2, 0.25) is 0 Å². The lowest BCUT2D eigenvalue weighted by Gasteiger charge is -2.14. The maximum atomic E-state index is 11.7. The van der Waals surface area contributed by atoms with Crippen molar-refractivity contribution in [1.29, 1.82) is 0 Å². The fraction of sp³-hybridized carbons (Fsp3) is 0.375. The van der Waals surface area contributed by atoms with Crippen molar-refractivity contribution in [2.24, 2.45) is 0 Å². The van der Waals surface area contributed by atoms with Crippen LogP contribution >= 0.6 is 12.6 Å². The quantitative estimate of drug-likeness (QED) is 0.761. The van der Waals surface area contributed by atoms with Crippen LogP contribution in [0.1, 0.15) is 20.3 Å². The minimum atomic E-state index is -0.764. The summed E-state index contributed by atoms with van der Waals surface area (Å²) < 4.78 is 4.30. The van der Waals surface area contributed by atoms with Crippen LogP contribution in [0, 0.1) is 0 Å². The number of rotatable bonds is 3. The highest BCUT2D eigenvalue weighted by molar-refractivity contribution is 7.82. The van der Waals surface area contributed by atoms with Gasteiger partial charge in [-0.05, 0) is 33.4 Å². The zero-order valence-electron chi connectivity index (χ0n) is 12.8. The lowest BCUT2D eigenvalue weighted by Crippen LogP contribution is -2.31. The first-order valence-electron chi connectivity index (χ1n) is 7.23. The number of aromatic nitrogens is 1. The summed E-state index contributed by atoms with van der Waals surface area (Å²) in [4.78, 5) is 11.7. The molecule has 0 saturated carbocycles. The van der Waals surface area contributed by atoms with Gasteiger partial charge in [0.2, 0.25) is 11.8 Å². The Morgan fingerprint density at radius 2 is 1.91 bits per heavy atom. The van der Waals surface area contributed by atoms with Crippen LogP contribution in [-0.4, -0.2) is 28.9 Å². The zero-order chi connectivity index (χ0) is 16.0. The van der Waals surface area contributed by atoms with Gasteiger partial charge < -0.3 is 9.84 Å². The van der Waals surface area contributed by atoms with Gasteiger partial charge in [-0.25, -0.2) is 0 Å². The normalized spacial score (nSPS) is 13.6. The third-order valence-corrected chi connectivity index (χ3v) is 3.28. The number of hydrogen-bond donors (Lipinski definition) is 3. The summed E-state index contributed by atoms with van der Waals surface area (Å²) in [5.41, 5.74) is 1.62. The molecular weight excluding hydrogens is 298 g/mol. The van der Waals surface area contributed by atoms with Gasteiger partial charge in [-0.2, -0.15) is 12.6 Å². The summed E-state index contributed by atoms with van der Waals surface area (Å²) in [6, 6.07) is 11.3. The van der Waals surface area contributed by atoms with E-state index in [1.54, 1.807) is 19.9 Å². The second-order valence-electron chi connectivity index (χ2n) is 5.56. The fourth-order valence-corrected chi connectivity index (χ4v) is 1.58. The van der Waals surface area contributed by atoms with E-state index in [2.05, 4.69) is 28.4 Å². The fourth-order valence-electron chi connectivity index (χ4n) is 1.52. The second-order valence-corrected chi connectivity index (χ2v) is 6.68. The molecule has 6 heteroatoms. The van der Waals surface area contributed by atoms with Gasteiger partial charge in [-0.3, -0.25) is 10.1 Å². The summed E-state index contributed by atoms with van der Waals surface area (Å²) >= 11 is 4.18. The average molecular weight is 319 g/mol. The van der Waals surface area contributed by atoms with Gasteiger partial charge >= 0.3 is 0 Å².